The van der Waals surface area contributed by atoms with Crippen molar-refractivity contribution in [3.8, 4) is 11.3 Å². The first kappa shape index (κ1) is 19.7. The van der Waals surface area contributed by atoms with E-state index < -0.39 is 0 Å². The highest BCUT2D eigenvalue weighted by Crippen LogP contribution is 2.40. The van der Waals surface area contributed by atoms with Crippen LogP contribution in [0.3, 0.4) is 0 Å². The van der Waals surface area contributed by atoms with E-state index in [1.54, 1.807) is 10.9 Å². The first-order valence-corrected chi connectivity index (χ1v) is 9.73. The number of nitrogens with one attached hydrogen (secondary N) is 2. The molecule has 5 rings (SSSR count). The minimum Gasteiger partial charge on any atom is -0.440 e. The molecule has 1 aliphatic heterocycles. The molecule has 0 bridgehead atoms. The van der Waals surface area contributed by atoms with E-state index in [9.17, 15) is 4.79 Å². The Morgan fingerprint density at radius 1 is 1.21 bits per heavy atom. The molecular weight excluding hydrogens is 390 g/mol. The van der Waals surface area contributed by atoms with Crippen molar-refractivity contribution >= 4 is 24.0 Å². The maximum atomic E-state index is 12.8. The van der Waals surface area contributed by atoms with Crippen LogP contribution in [-0.2, 0) is 11.8 Å². The van der Waals surface area contributed by atoms with Crippen molar-refractivity contribution in [3.05, 3.63) is 54.3 Å². The van der Waals surface area contributed by atoms with Gasteiger partial charge in [-0.25, -0.2) is 4.98 Å². The van der Waals surface area contributed by atoms with E-state index in [-0.39, 0.29) is 30.2 Å². The van der Waals surface area contributed by atoms with Crippen LogP contribution in [0.2, 0.25) is 0 Å². The van der Waals surface area contributed by atoms with Crippen LogP contribution in [0, 0.1) is 5.92 Å². The van der Waals surface area contributed by atoms with Gasteiger partial charge in [0.05, 0.1) is 18.3 Å². The van der Waals surface area contributed by atoms with E-state index in [1.165, 1.54) is 12.8 Å². The Morgan fingerprint density at radius 3 is 2.69 bits per heavy atom. The molecule has 1 saturated carbocycles. The molecule has 1 amide bonds. The Hall–Kier alpha value is -2.64. The summed E-state index contributed by atoms with van der Waals surface area (Å²) < 4.78 is 7.62. The number of carbonyl (C=O) groups excluding carboxylic acids is 1. The Morgan fingerprint density at radius 2 is 2.00 bits per heavy atom. The summed E-state index contributed by atoms with van der Waals surface area (Å²) in [6.45, 7) is 1.46. The molecule has 0 unspecified atom stereocenters. The second kappa shape index (κ2) is 8.00. The number of aryl methyl sites for hydroxylation is 1. The lowest BCUT2D eigenvalue weighted by atomic mass is 9.90. The van der Waals surface area contributed by atoms with Crippen LogP contribution in [0.25, 0.3) is 11.3 Å². The zero-order valence-corrected chi connectivity index (χ0v) is 17.0. The lowest BCUT2D eigenvalue weighted by Crippen LogP contribution is -2.28. The molecule has 7 nitrogen and oxygen atoms in total. The SMILES string of the molecule is Cl.Cn1cc([C@H]2CNC[C@@H]2C(=O)Nc2ccc(-c3cnc(C4CC4)o3)cc2)cn1. The van der Waals surface area contributed by atoms with Gasteiger partial charge < -0.3 is 15.1 Å². The normalized spacial score (nSPS) is 21.0. The monoisotopic (exact) mass is 413 g/mol. The van der Waals surface area contributed by atoms with Gasteiger partial charge in [0.2, 0.25) is 5.91 Å². The maximum Gasteiger partial charge on any atom is 0.229 e. The summed E-state index contributed by atoms with van der Waals surface area (Å²) in [7, 11) is 1.89. The van der Waals surface area contributed by atoms with Gasteiger partial charge in [0.1, 0.15) is 0 Å². The molecule has 152 valence electrons. The van der Waals surface area contributed by atoms with Crippen molar-refractivity contribution in [1.29, 1.82) is 0 Å². The molecule has 2 fully saturated rings. The molecule has 0 spiro atoms. The summed E-state index contributed by atoms with van der Waals surface area (Å²) in [4.78, 5) is 17.2. The third-order valence-corrected chi connectivity index (χ3v) is 5.59. The summed E-state index contributed by atoms with van der Waals surface area (Å²) in [5.74, 6) is 2.17. The van der Waals surface area contributed by atoms with Gasteiger partial charge in [0, 0.05) is 49.4 Å². The zero-order chi connectivity index (χ0) is 19.1. The average molecular weight is 414 g/mol. The topological polar surface area (TPSA) is 85.0 Å². The van der Waals surface area contributed by atoms with E-state index in [0.717, 1.165) is 35.0 Å². The summed E-state index contributed by atoms with van der Waals surface area (Å²) in [5.41, 5.74) is 2.85. The minimum atomic E-state index is -0.112. The average Bonchev–Trinajstić information content (AvgIpc) is 3.11. The number of oxazole rings is 1. The number of amides is 1. The predicted octanol–water partition coefficient (Wildman–Crippen LogP) is 3.32. The van der Waals surface area contributed by atoms with Crippen molar-refractivity contribution in [2.45, 2.75) is 24.7 Å². The van der Waals surface area contributed by atoms with E-state index in [4.69, 9.17) is 4.42 Å². The Kier molecular flexibility index (Phi) is 5.43. The smallest absolute Gasteiger partial charge is 0.229 e. The maximum absolute atomic E-state index is 12.8. The van der Waals surface area contributed by atoms with Crippen LogP contribution < -0.4 is 10.6 Å². The van der Waals surface area contributed by atoms with Crippen molar-refractivity contribution in [2.75, 3.05) is 18.4 Å². The Balaban J connectivity index is 0.00000205. The molecule has 3 aromatic rings. The van der Waals surface area contributed by atoms with Gasteiger partial charge in [0.15, 0.2) is 11.7 Å². The number of anilines is 1. The fourth-order valence-corrected chi connectivity index (χ4v) is 3.83. The summed E-state index contributed by atoms with van der Waals surface area (Å²) in [6.07, 6.45) is 7.95. The van der Waals surface area contributed by atoms with Crippen molar-refractivity contribution in [2.24, 2.45) is 13.0 Å². The van der Waals surface area contributed by atoms with Crippen molar-refractivity contribution in [1.82, 2.24) is 20.1 Å². The third kappa shape index (κ3) is 4.06. The van der Waals surface area contributed by atoms with Gasteiger partial charge in [-0.1, -0.05) is 0 Å². The highest BCUT2D eigenvalue weighted by Gasteiger charge is 2.34. The molecular formula is C21H24ClN5O2. The van der Waals surface area contributed by atoms with Gasteiger partial charge >= 0.3 is 0 Å². The van der Waals surface area contributed by atoms with E-state index in [1.807, 2.05) is 43.7 Å². The number of benzene rings is 1. The van der Waals surface area contributed by atoms with Crippen molar-refractivity contribution < 1.29 is 9.21 Å². The molecule has 2 aliphatic rings. The van der Waals surface area contributed by atoms with Gasteiger partial charge in [-0.2, -0.15) is 5.10 Å². The standard InChI is InChI=1S/C21H23N5O2.ClH/c1-26-12-15(8-24-26)17-9-22-10-18(17)20(27)25-16-6-4-13(5-7-16)19-11-23-21(28-19)14-2-3-14;/h4-8,11-12,14,17-18,22H,2-3,9-10H2,1H3,(H,25,27);1H/t17-,18+;/m1./s1. The Bertz CT molecular complexity index is 993. The third-order valence-electron chi connectivity index (χ3n) is 5.59. The molecule has 1 aliphatic carbocycles. The molecule has 3 heterocycles. The fraction of sp³-hybridized carbons (Fsp3) is 0.381. The van der Waals surface area contributed by atoms with Gasteiger partial charge in [-0.3, -0.25) is 9.48 Å². The minimum absolute atomic E-state index is 0. The molecule has 1 saturated heterocycles. The quantitative estimate of drug-likeness (QED) is 0.670. The highest BCUT2D eigenvalue weighted by atomic mass is 35.5. The first-order valence-electron chi connectivity index (χ1n) is 9.73. The summed E-state index contributed by atoms with van der Waals surface area (Å²) >= 11 is 0. The molecule has 2 N–H and O–H groups in total. The fourth-order valence-electron chi connectivity index (χ4n) is 3.83. The van der Waals surface area contributed by atoms with Crippen LogP contribution in [0.15, 0.2) is 47.3 Å². The number of hydrogen-bond acceptors (Lipinski definition) is 5. The molecule has 2 aromatic heterocycles. The van der Waals surface area contributed by atoms with E-state index in [2.05, 4.69) is 20.7 Å². The number of aromatic nitrogens is 3. The van der Waals surface area contributed by atoms with Crippen LogP contribution >= 0.6 is 12.4 Å². The number of carbonyl (C=O) groups is 1. The first-order chi connectivity index (χ1) is 13.7. The summed E-state index contributed by atoms with van der Waals surface area (Å²) in [5, 5.41) is 10.6. The van der Waals surface area contributed by atoms with E-state index in [0.29, 0.717) is 12.5 Å². The second-order valence-electron chi connectivity index (χ2n) is 7.72. The molecule has 1 aromatic carbocycles. The van der Waals surface area contributed by atoms with Gasteiger partial charge in [-0.15, -0.1) is 12.4 Å². The number of nitrogens with zero attached hydrogens (tertiary/aromatic N) is 3. The zero-order valence-electron chi connectivity index (χ0n) is 16.2. The summed E-state index contributed by atoms with van der Waals surface area (Å²) in [6, 6.07) is 7.73. The molecule has 8 heteroatoms. The van der Waals surface area contributed by atoms with Crippen LogP contribution in [0.4, 0.5) is 5.69 Å². The Labute approximate surface area is 175 Å². The van der Waals surface area contributed by atoms with Crippen LogP contribution in [0.1, 0.15) is 36.1 Å². The van der Waals surface area contributed by atoms with Gasteiger partial charge in [-0.05, 0) is 42.7 Å². The van der Waals surface area contributed by atoms with Crippen molar-refractivity contribution in [3.63, 3.8) is 0 Å². The molecule has 0 radical (unpaired) electrons. The lowest BCUT2D eigenvalue weighted by molar-refractivity contribution is -0.119. The number of hydrogen-bond donors (Lipinski definition) is 2. The second-order valence-corrected chi connectivity index (χ2v) is 7.72. The van der Waals surface area contributed by atoms with Crippen LogP contribution in [0.5, 0.6) is 0 Å². The largest absolute Gasteiger partial charge is 0.440 e. The molecule has 29 heavy (non-hydrogen) atoms. The molecule has 2 atom stereocenters. The highest BCUT2D eigenvalue weighted by molar-refractivity contribution is 5.93. The predicted molar refractivity (Wildman–Crippen MR) is 112 cm³/mol. The number of rotatable bonds is 5. The van der Waals surface area contributed by atoms with Crippen LogP contribution in [-0.4, -0.2) is 33.8 Å². The van der Waals surface area contributed by atoms with Gasteiger partial charge in [0.25, 0.3) is 0 Å². The number of halogens is 1. The van der Waals surface area contributed by atoms with E-state index >= 15 is 0 Å². The lowest BCUT2D eigenvalue weighted by Gasteiger charge is -2.17.